The number of halogens is 2. The lowest BCUT2D eigenvalue weighted by atomic mass is 9.80. The summed E-state index contributed by atoms with van der Waals surface area (Å²) >= 11 is 12.4. The van der Waals surface area contributed by atoms with Crippen LogP contribution in [-0.2, 0) is 16.1 Å². The molecular weight excluding hydrogens is 283 g/mol. The number of benzene rings is 1. The van der Waals surface area contributed by atoms with Gasteiger partial charge in [0.25, 0.3) is 0 Å². The van der Waals surface area contributed by atoms with Crippen molar-refractivity contribution in [2.75, 3.05) is 6.61 Å². The van der Waals surface area contributed by atoms with Gasteiger partial charge in [0.05, 0.1) is 13.2 Å². The molecule has 104 valence electrons. The second-order valence-electron chi connectivity index (χ2n) is 5.16. The number of carbonyl (C=O) groups excluding carboxylic acids is 1. The normalized spacial score (nSPS) is 26.0. The molecule has 0 unspecified atom stereocenters. The SMILES string of the molecule is O=C[C@@H]1CCC(Cl)(Cl)C[C@H]1COCc1ccccc1. The van der Waals surface area contributed by atoms with E-state index in [4.69, 9.17) is 27.9 Å². The average Bonchev–Trinajstić information content (AvgIpc) is 2.39. The number of carbonyl (C=O) groups is 1. The third kappa shape index (κ3) is 4.48. The van der Waals surface area contributed by atoms with Crippen LogP contribution in [0.25, 0.3) is 0 Å². The Hall–Kier alpha value is -0.570. The van der Waals surface area contributed by atoms with Crippen molar-refractivity contribution >= 4 is 29.5 Å². The van der Waals surface area contributed by atoms with Crippen LogP contribution in [0, 0.1) is 11.8 Å². The Balaban J connectivity index is 1.84. The lowest BCUT2D eigenvalue weighted by Crippen LogP contribution is -2.34. The van der Waals surface area contributed by atoms with Gasteiger partial charge in [-0.25, -0.2) is 0 Å². The molecule has 0 aliphatic heterocycles. The van der Waals surface area contributed by atoms with E-state index >= 15 is 0 Å². The summed E-state index contributed by atoms with van der Waals surface area (Å²) in [6.07, 6.45) is 3.05. The molecule has 0 bridgehead atoms. The second-order valence-corrected chi connectivity index (χ2v) is 6.80. The molecule has 1 aliphatic carbocycles. The number of hydrogen-bond donors (Lipinski definition) is 0. The fraction of sp³-hybridized carbons (Fsp3) is 0.533. The Labute approximate surface area is 124 Å². The van der Waals surface area contributed by atoms with Crippen molar-refractivity contribution in [1.82, 2.24) is 0 Å². The van der Waals surface area contributed by atoms with Crippen molar-refractivity contribution in [1.29, 1.82) is 0 Å². The van der Waals surface area contributed by atoms with Gasteiger partial charge in [0.15, 0.2) is 0 Å². The molecule has 0 aromatic heterocycles. The van der Waals surface area contributed by atoms with Crippen molar-refractivity contribution in [3.8, 4) is 0 Å². The largest absolute Gasteiger partial charge is 0.376 e. The number of rotatable bonds is 5. The molecule has 0 saturated heterocycles. The van der Waals surface area contributed by atoms with Crippen LogP contribution in [-0.4, -0.2) is 17.2 Å². The minimum Gasteiger partial charge on any atom is -0.376 e. The molecule has 0 N–H and O–H groups in total. The van der Waals surface area contributed by atoms with Crippen LogP contribution in [0.5, 0.6) is 0 Å². The predicted molar refractivity (Wildman–Crippen MR) is 77.4 cm³/mol. The number of ether oxygens (including phenoxy) is 1. The van der Waals surface area contributed by atoms with E-state index in [1.54, 1.807) is 0 Å². The molecule has 1 fully saturated rings. The first-order chi connectivity index (χ1) is 9.11. The van der Waals surface area contributed by atoms with Gasteiger partial charge >= 0.3 is 0 Å². The first-order valence-corrected chi connectivity index (χ1v) is 7.31. The van der Waals surface area contributed by atoms with Crippen LogP contribution in [0.4, 0.5) is 0 Å². The van der Waals surface area contributed by atoms with Crippen molar-refractivity contribution in [3.05, 3.63) is 35.9 Å². The van der Waals surface area contributed by atoms with Crippen molar-refractivity contribution in [2.24, 2.45) is 11.8 Å². The number of aldehydes is 1. The quantitative estimate of drug-likeness (QED) is 0.607. The Morgan fingerprint density at radius 2 is 2.05 bits per heavy atom. The first kappa shape index (κ1) is 14.8. The molecule has 2 atom stereocenters. The van der Waals surface area contributed by atoms with Gasteiger partial charge in [0.2, 0.25) is 0 Å². The van der Waals surface area contributed by atoms with Gasteiger partial charge in [-0.15, -0.1) is 23.2 Å². The zero-order chi connectivity index (χ0) is 13.7. The highest BCUT2D eigenvalue weighted by atomic mass is 35.5. The number of alkyl halides is 2. The third-order valence-electron chi connectivity index (χ3n) is 3.63. The summed E-state index contributed by atoms with van der Waals surface area (Å²) in [4.78, 5) is 11.1. The minimum absolute atomic E-state index is 0.0152. The average molecular weight is 301 g/mol. The van der Waals surface area contributed by atoms with E-state index in [0.717, 1.165) is 18.3 Å². The molecule has 2 nitrogen and oxygen atoms in total. The van der Waals surface area contributed by atoms with Crippen molar-refractivity contribution in [2.45, 2.75) is 30.2 Å². The van der Waals surface area contributed by atoms with Gasteiger partial charge in [-0.1, -0.05) is 30.3 Å². The zero-order valence-electron chi connectivity index (χ0n) is 10.7. The highest BCUT2D eigenvalue weighted by Crippen LogP contribution is 2.42. The smallest absolute Gasteiger partial charge is 0.123 e. The Kier molecular flexibility index (Phi) is 5.26. The van der Waals surface area contributed by atoms with E-state index < -0.39 is 4.33 Å². The topological polar surface area (TPSA) is 26.3 Å². The zero-order valence-corrected chi connectivity index (χ0v) is 12.2. The molecule has 19 heavy (non-hydrogen) atoms. The lowest BCUT2D eigenvalue weighted by Gasteiger charge is -2.35. The maximum absolute atomic E-state index is 11.1. The summed E-state index contributed by atoms with van der Waals surface area (Å²) in [7, 11) is 0. The van der Waals surface area contributed by atoms with Crippen LogP contribution in [0.2, 0.25) is 0 Å². The highest BCUT2D eigenvalue weighted by molar-refractivity contribution is 6.48. The van der Waals surface area contributed by atoms with E-state index in [1.807, 2.05) is 30.3 Å². The highest BCUT2D eigenvalue weighted by Gasteiger charge is 2.38. The standard InChI is InChI=1S/C15H18Cl2O2/c16-15(17)7-6-13(9-18)14(8-15)11-19-10-12-4-2-1-3-5-12/h1-5,9,13-14H,6-8,10-11H2/t13-,14-/m0/s1. The van der Waals surface area contributed by atoms with Gasteiger partial charge in [-0.05, 0) is 30.7 Å². The Morgan fingerprint density at radius 3 is 2.74 bits per heavy atom. The van der Waals surface area contributed by atoms with E-state index in [2.05, 4.69) is 0 Å². The minimum atomic E-state index is -0.708. The molecule has 4 heteroatoms. The molecule has 0 amide bonds. The molecule has 2 rings (SSSR count). The molecular formula is C15H18Cl2O2. The molecule has 1 aromatic rings. The fourth-order valence-corrected chi connectivity index (χ4v) is 3.13. The summed E-state index contributed by atoms with van der Waals surface area (Å²) in [6.45, 7) is 1.08. The monoisotopic (exact) mass is 300 g/mol. The maximum atomic E-state index is 11.1. The van der Waals surface area contributed by atoms with Gasteiger partial charge in [0.1, 0.15) is 10.6 Å². The Bertz CT molecular complexity index is 406. The molecule has 0 radical (unpaired) electrons. The first-order valence-electron chi connectivity index (χ1n) is 6.55. The third-order valence-corrected chi connectivity index (χ3v) is 4.31. The summed E-state index contributed by atoms with van der Waals surface area (Å²) < 4.78 is 5.00. The Morgan fingerprint density at radius 1 is 1.32 bits per heavy atom. The maximum Gasteiger partial charge on any atom is 0.123 e. The summed E-state index contributed by atoms with van der Waals surface area (Å²) in [5, 5.41) is 0. The number of hydrogen-bond acceptors (Lipinski definition) is 2. The van der Waals surface area contributed by atoms with Crippen LogP contribution >= 0.6 is 23.2 Å². The van der Waals surface area contributed by atoms with Crippen LogP contribution < -0.4 is 0 Å². The van der Waals surface area contributed by atoms with Gasteiger partial charge in [-0.2, -0.15) is 0 Å². The molecule has 1 aromatic carbocycles. The molecule has 1 aliphatic rings. The lowest BCUT2D eigenvalue weighted by molar-refractivity contribution is -0.114. The molecule has 0 spiro atoms. The van der Waals surface area contributed by atoms with Crippen molar-refractivity contribution < 1.29 is 9.53 Å². The fourth-order valence-electron chi connectivity index (χ4n) is 2.51. The molecule has 0 heterocycles. The van der Waals surface area contributed by atoms with E-state index in [0.29, 0.717) is 26.1 Å². The predicted octanol–water partition coefficient (Wildman–Crippen LogP) is 3.99. The van der Waals surface area contributed by atoms with Gasteiger partial charge in [0, 0.05) is 5.92 Å². The van der Waals surface area contributed by atoms with Crippen LogP contribution in [0.3, 0.4) is 0 Å². The van der Waals surface area contributed by atoms with Gasteiger partial charge in [-0.3, -0.25) is 0 Å². The van der Waals surface area contributed by atoms with E-state index in [-0.39, 0.29) is 11.8 Å². The van der Waals surface area contributed by atoms with Gasteiger partial charge < -0.3 is 9.53 Å². The second kappa shape index (κ2) is 6.74. The summed E-state index contributed by atoms with van der Waals surface area (Å²) in [5.41, 5.74) is 1.13. The summed E-state index contributed by atoms with van der Waals surface area (Å²) in [5.74, 6) is 0.131. The van der Waals surface area contributed by atoms with E-state index in [1.165, 1.54) is 0 Å². The molecule has 1 saturated carbocycles. The van der Waals surface area contributed by atoms with Crippen LogP contribution in [0.15, 0.2) is 30.3 Å². The summed E-state index contributed by atoms with van der Waals surface area (Å²) in [6, 6.07) is 9.98. The van der Waals surface area contributed by atoms with Crippen molar-refractivity contribution in [3.63, 3.8) is 0 Å². The van der Waals surface area contributed by atoms with Crippen LogP contribution in [0.1, 0.15) is 24.8 Å². The van der Waals surface area contributed by atoms with E-state index in [9.17, 15) is 4.79 Å².